The molecular formula is C18H36N2O. The normalized spacial score (nSPS) is 24.9. The van der Waals surface area contributed by atoms with E-state index in [4.69, 9.17) is 0 Å². The Kier molecular flexibility index (Phi) is 7.19. The summed E-state index contributed by atoms with van der Waals surface area (Å²) in [5, 5.41) is 6.41. The molecule has 21 heavy (non-hydrogen) atoms. The maximum atomic E-state index is 11.9. The number of rotatable bonds is 6. The summed E-state index contributed by atoms with van der Waals surface area (Å²) in [6, 6.07) is -0.0795. The van der Waals surface area contributed by atoms with Crippen LogP contribution in [0, 0.1) is 23.2 Å². The van der Waals surface area contributed by atoms with E-state index in [1.54, 1.807) is 0 Å². The van der Waals surface area contributed by atoms with Gasteiger partial charge in [0.05, 0.1) is 6.04 Å². The molecule has 3 nitrogen and oxygen atoms in total. The van der Waals surface area contributed by atoms with Crippen LogP contribution in [0.4, 0.5) is 0 Å². The number of carbonyl (C=O) groups is 1. The fraction of sp³-hybridized carbons (Fsp3) is 0.944. The number of carbonyl (C=O) groups excluding carboxylic acids is 1. The molecule has 0 aromatic heterocycles. The van der Waals surface area contributed by atoms with Gasteiger partial charge in [0.15, 0.2) is 0 Å². The molecule has 0 radical (unpaired) electrons. The number of hydrogen-bond donors (Lipinski definition) is 2. The Morgan fingerprint density at radius 2 is 1.67 bits per heavy atom. The first-order chi connectivity index (χ1) is 9.70. The van der Waals surface area contributed by atoms with Gasteiger partial charge in [0.1, 0.15) is 0 Å². The molecule has 0 aromatic carbocycles. The van der Waals surface area contributed by atoms with E-state index in [1.165, 1.54) is 25.7 Å². The first-order valence-electron chi connectivity index (χ1n) is 8.71. The molecule has 1 atom stereocenters. The fourth-order valence-electron chi connectivity index (χ4n) is 3.13. The van der Waals surface area contributed by atoms with Crippen LogP contribution >= 0.6 is 0 Å². The summed E-state index contributed by atoms with van der Waals surface area (Å²) in [6.07, 6.45) is 5.28. The third-order valence-electron chi connectivity index (χ3n) is 4.86. The Balaban J connectivity index is 2.23. The van der Waals surface area contributed by atoms with Gasteiger partial charge in [-0.2, -0.15) is 0 Å². The molecule has 0 aromatic rings. The van der Waals surface area contributed by atoms with E-state index < -0.39 is 0 Å². The van der Waals surface area contributed by atoms with Crippen molar-refractivity contribution in [2.24, 2.45) is 23.2 Å². The third kappa shape index (κ3) is 6.82. The SMILES string of the molecule is CC(C)CNC(=O)C(C)NCC1CCC(C(C)(C)C)CC1. The van der Waals surface area contributed by atoms with Gasteiger partial charge in [-0.3, -0.25) is 4.79 Å². The van der Waals surface area contributed by atoms with E-state index >= 15 is 0 Å². The molecule has 1 saturated carbocycles. The average molecular weight is 296 g/mol. The Bertz CT molecular complexity index is 312. The van der Waals surface area contributed by atoms with Crippen molar-refractivity contribution in [3.05, 3.63) is 0 Å². The second-order valence-corrected chi connectivity index (χ2v) is 8.35. The number of nitrogens with one attached hydrogen (secondary N) is 2. The molecule has 1 amide bonds. The summed E-state index contributed by atoms with van der Waals surface area (Å²) in [5.74, 6) is 2.24. The van der Waals surface area contributed by atoms with Crippen LogP contribution in [0.1, 0.15) is 67.2 Å². The van der Waals surface area contributed by atoms with Gasteiger partial charge in [-0.05, 0) is 62.3 Å². The second-order valence-electron chi connectivity index (χ2n) is 8.35. The predicted molar refractivity (Wildman–Crippen MR) is 90.2 cm³/mol. The third-order valence-corrected chi connectivity index (χ3v) is 4.86. The Hall–Kier alpha value is -0.570. The summed E-state index contributed by atoms with van der Waals surface area (Å²) in [7, 11) is 0. The van der Waals surface area contributed by atoms with Gasteiger partial charge in [0, 0.05) is 6.54 Å². The minimum atomic E-state index is -0.0795. The van der Waals surface area contributed by atoms with E-state index in [9.17, 15) is 4.79 Å². The van der Waals surface area contributed by atoms with Gasteiger partial charge in [0.2, 0.25) is 5.91 Å². The summed E-state index contributed by atoms with van der Waals surface area (Å²) in [5.41, 5.74) is 0.447. The molecule has 0 aliphatic heterocycles. The molecule has 1 fully saturated rings. The Morgan fingerprint density at radius 1 is 1.10 bits per heavy atom. The summed E-state index contributed by atoms with van der Waals surface area (Å²) < 4.78 is 0. The first kappa shape index (κ1) is 18.5. The van der Waals surface area contributed by atoms with Crippen molar-refractivity contribution in [3.8, 4) is 0 Å². The second kappa shape index (κ2) is 8.17. The van der Waals surface area contributed by atoms with Crippen molar-refractivity contribution < 1.29 is 4.79 Å². The van der Waals surface area contributed by atoms with Gasteiger partial charge < -0.3 is 10.6 Å². The molecule has 0 bridgehead atoms. The summed E-state index contributed by atoms with van der Waals surface area (Å²) in [6.45, 7) is 15.0. The highest BCUT2D eigenvalue weighted by Crippen LogP contribution is 2.39. The zero-order valence-corrected chi connectivity index (χ0v) is 15.0. The van der Waals surface area contributed by atoms with Crippen molar-refractivity contribution in [2.45, 2.75) is 73.3 Å². The van der Waals surface area contributed by atoms with Crippen LogP contribution in [0.25, 0.3) is 0 Å². The molecule has 0 saturated heterocycles. The van der Waals surface area contributed by atoms with Crippen molar-refractivity contribution in [2.75, 3.05) is 13.1 Å². The fourth-order valence-corrected chi connectivity index (χ4v) is 3.13. The maximum absolute atomic E-state index is 11.9. The standard InChI is InChI=1S/C18H36N2O/c1-13(2)11-20-17(21)14(3)19-12-15-7-9-16(10-8-15)18(4,5)6/h13-16,19H,7-12H2,1-6H3,(H,20,21). The van der Waals surface area contributed by atoms with Gasteiger partial charge >= 0.3 is 0 Å². The van der Waals surface area contributed by atoms with Gasteiger partial charge in [-0.1, -0.05) is 34.6 Å². The van der Waals surface area contributed by atoms with Crippen LogP contribution in [0.5, 0.6) is 0 Å². The predicted octanol–water partition coefficient (Wildman–Crippen LogP) is 3.59. The quantitative estimate of drug-likeness (QED) is 0.786. The number of amides is 1. The van der Waals surface area contributed by atoms with Gasteiger partial charge in [0.25, 0.3) is 0 Å². The summed E-state index contributed by atoms with van der Waals surface area (Å²) >= 11 is 0. The van der Waals surface area contributed by atoms with Crippen LogP contribution in [0.3, 0.4) is 0 Å². The Morgan fingerprint density at radius 3 is 2.14 bits per heavy atom. The average Bonchev–Trinajstić information content (AvgIpc) is 2.41. The zero-order valence-electron chi connectivity index (χ0n) is 15.0. The van der Waals surface area contributed by atoms with Crippen molar-refractivity contribution in [1.82, 2.24) is 10.6 Å². The molecular weight excluding hydrogens is 260 g/mol. The topological polar surface area (TPSA) is 41.1 Å². The van der Waals surface area contributed by atoms with Crippen molar-refractivity contribution in [1.29, 1.82) is 0 Å². The van der Waals surface area contributed by atoms with Gasteiger partial charge in [-0.25, -0.2) is 0 Å². The van der Waals surface area contributed by atoms with E-state index in [0.29, 0.717) is 11.3 Å². The minimum absolute atomic E-state index is 0.0795. The molecule has 2 N–H and O–H groups in total. The van der Waals surface area contributed by atoms with Crippen LogP contribution in [0.15, 0.2) is 0 Å². The van der Waals surface area contributed by atoms with E-state index in [2.05, 4.69) is 45.3 Å². The highest BCUT2D eigenvalue weighted by Gasteiger charge is 2.29. The largest absolute Gasteiger partial charge is 0.354 e. The van der Waals surface area contributed by atoms with Crippen LogP contribution in [-0.2, 0) is 4.79 Å². The molecule has 124 valence electrons. The van der Waals surface area contributed by atoms with Crippen LogP contribution in [0.2, 0.25) is 0 Å². The highest BCUT2D eigenvalue weighted by atomic mass is 16.2. The highest BCUT2D eigenvalue weighted by molar-refractivity contribution is 5.81. The minimum Gasteiger partial charge on any atom is -0.354 e. The lowest BCUT2D eigenvalue weighted by Gasteiger charge is -2.37. The molecule has 3 heteroatoms. The maximum Gasteiger partial charge on any atom is 0.236 e. The molecule has 1 aliphatic carbocycles. The molecule has 1 rings (SSSR count). The van der Waals surface area contributed by atoms with Crippen LogP contribution in [-0.4, -0.2) is 25.0 Å². The number of hydrogen-bond acceptors (Lipinski definition) is 2. The molecule has 0 heterocycles. The first-order valence-corrected chi connectivity index (χ1v) is 8.71. The van der Waals surface area contributed by atoms with Crippen LogP contribution < -0.4 is 10.6 Å². The van der Waals surface area contributed by atoms with Gasteiger partial charge in [-0.15, -0.1) is 0 Å². The van der Waals surface area contributed by atoms with E-state index in [1.807, 2.05) is 6.92 Å². The monoisotopic (exact) mass is 296 g/mol. The molecule has 1 aliphatic rings. The van der Waals surface area contributed by atoms with Crippen molar-refractivity contribution in [3.63, 3.8) is 0 Å². The lowest BCUT2D eigenvalue weighted by molar-refractivity contribution is -0.122. The summed E-state index contributed by atoms with van der Waals surface area (Å²) in [4.78, 5) is 11.9. The molecule has 0 spiro atoms. The Labute approximate surface area is 131 Å². The molecule has 1 unspecified atom stereocenters. The lowest BCUT2D eigenvalue weighted by Crippen LogP contribution is -2.45. The van der Waals surface area contributed by atoms with E-state index in [0.717, 1.165) is 24.9 Å². The van der Waals surface area contributed by atoms with Crippen molar-refractivity contribution >= 4 is 5.91 Å². The smallest absolute Gasteiger partial charge is 0.236 e. The lowest BCUT2D eigenvalue weighted by atomic mass is 9.70. The van der Waals surface area contributed by atoms with E-state index in [-0.39, 0.29) is 11.9 Å². The zero-order chi connectivity index (χ0) is 16.0.